The van der Waals surface area contributed by atoms with Crippen molar-refractivity contribution in [3.63, 3.8) is 0 Å². The van der Waals surface area contributed by atoms with Gasteiger partial charge in [0.2, 0.25) is 0 Å². The van der Waals surface area contributed by atoms with Crippen molar-refractivity contribution in [1.29, 1.82) is 5.26 Å². The molecule has 22 heavy (non-hydrogen) atoms. The van der Waals surface area contributed by atoms with Crippen LogP contribution in [0.5, 0.6) is 5.75 Å². The molecule has 2 aliphatic heterocycles. The average molecular weight is 302 g/mol. The highest BCUT2D eigenvalue weighted by Crippen LogP contribution is 2.40. The van der Waals surface area contributed by atoms with E-state index in [1.54, 1.807) is 0 Å². The maximum atomic E-state index is 11.1. The molecule has 5 nitrogen and oxygen atoms in total. The largest absolute Gasteiger partial charge is 0.493 e. The number of nitrogens with zero attached hydrogens (tertiary/aromatic N) is 2. The van der Waals surface area contributed by atoms with E-state index >= 15 is 0 Å². The zero-order chi connectivity index (χ0) is 15.6. The van der Waals surface area contributed by atoms with Crippen LogP contribution in [0.3, 0.4) is 0 Å². The Morgan fingerprint density at radius 1 is 1.32 bits per heavy atom. The highest BCUT2D eigenvalue weighted by molar-refractivity contribution is 5.32. The van der Waals surface area contributed by atoms with E-state index < -0.39 is 5.60 Å². The van der Waals surface area contributed by atoms with Crippen molar-refractivity contribution in [1.82, 2.24) is 4.90 Å². The van der Waals surface area contributed by atoms with Gasteiger partial charge in [-0.1, -0.05) is 12.1 Å². The number of hydrogen-bond donors (Lipinski definition) is 1. The number of rotatable bonds is 4. The van der Waals surface area contributed by atoms with E-state index in [1.165, 1.54) is 0 Å². The third kappa shape index (κ3) is 2.95. The molecule has 2 atom stereocenters. The molecule has 5 heteroatoms. The summed E-state index contributed by atoms with van der Waals surface area (Å²) < 4.78 is 11.1. The van der Waals surface area contributed by atoms with Crippen molar-refractivity contribution >= 4 is 0 Å². The van der Waals surface area contributed by atoms with Crippen molar-refractivity contribution < 1.29 is 14.6 Å². The lowest BCUT2D eigenvalue weighted by atomic mass is 9.77. The van der Waals surface area contributed by atoms with Gasteiger partial charge in [0, 0.05) is 12.1 Å². The molecule has 2 unspecified atom stereocenters. The molecular formula is C17H22N2O3. The first-order chi connectivity index (χ1) is 10.6. The third-order valence-corrected chi connectivity index (χ3v) is 4.79. The number of ether oxygens (including phenoxy) is 2. The Labute approximate surface area is 131 Å². The number of benzene rings is 1. The van der Waals surface area contributed by atoms with E-state index in [2.05, 4.69) is 18.0 Å². The predicted molar refractivity (Wildman–Crippen MR) is 81.5 cm³/mol. The van der Waals surface area contributed by atoms with Crippen molar-refractivity contribution in [2.45, 2.75) is 36.9 Å². The minimum atomic E-state index is -0.795. The van der Waals surface area contributed by atoms with Crippen LogP contribution in [0.15, 0.2) is 24.3 Å². The van der Waals surface area contributed by atoms with E-state index in [1.807, 2.05) is 24.3 Å². The number of morpholine rings is 1. The molecular weight excluding hydrogens is 280 g/mol. The SMILES string of the molecule is CN1C2COCC1CC(O)(c1ccc(OCCC#N)cc1)C2. The van der Waals surface area contributed by atoms with E-state index in [9.17, 15) is 5.11 Å². The zero-order valence-electron chi connectivity index (χ0n) is 12.9. The van der Waals surface area contributed by atoms with Crippen molar-refractivity contribution in [3.05, 3.63) is 29.8 Å². The van der Waals surface area contributed by atoms with Crippen LogP contribution in [0.4, 0.5) is 0 Å². The van der Waals surface area contributed by atoms with Gasteiger partial charge in [0.05, 0.1) is 31.3 Å². The van der Waals surface area contributed by atoms with Gasteiger partial charge in [0.1, 0.15) is 12.4 Å². The molecule has 2 aliphatic rings. The summed E-state index contributed by atoms with van der Waals surface area (Å²) in [7, 11) is 2.11. The highest BCUT2D eigenvalue weighted by Gasteiger charge is 2.45. The second-order valence-corrected chi connectivity index (χ2v) is 6.23. The Morgan fingerprint density at radius 2 is 1.95 bits per heavy atom. The van der Waals surface area contributed by atoms with Crippen LogP contribution in [-0.4, -0.2) is 49.0 Å². The summed E-state index contributed by atoms with van der Waals surface area (Å²) in [5, 5.41) is 19.6. The summed E-state index contributed by atoms with van der Waals surface area (Å²) in [5.74, 6) is 0.735. The lowest BCUT2D eigenvalue weighted by Gasteiger charge is -2.50. The van der Waals surface area contributed by atoms with Gasteiger partial charge in [-0.3, -0.25) is 4.90 Å². The topological polar surface area (TPSA) is 65.7 Å². The number of fused-ring (bicyclic) bond motifs is 2. The summed E-state index contributed by atoms with van der Waals surface area (Å²) in [5.41, 5.74) is 0.140. The molecule has 2 bridgehead atoms. The van der Waals surface area contributed by atoms with Gasteiger partial charge in [0.25, 0.3) is 0 Å². The van der Waals surface area contributed by atoms with Gasteiger partial charge in [-0.2, -0.15) is 5.26 Å². The second-order valence-electron chi connectivity index (χ2n) is 6.23. The maximum Gasteiger partial charge on any atom is 0.119 e. The van der Waals surface area contributed by atoms with Gasteiger partial charge in [-0.25, -0.2) is 0 Å². The number of hydrogen-bond acceptors (Lipinski definition) is 5. The quantitative estimate of drug-likeness (QED) is 0.857. The standard InChI is InChI=1S/C17H22N2O3/c1-19-14-9-17(20,10-15(19)12-21-11-14)13-3-5-16(6-4-13)22-8-2-7-18/h3-6,14-15,20H,2,8-12H2,1H3. The molecule has 118 valence electrons. The van der Waals surface area contributed by atoms with Gasteiger partial charge in [-0.15, -0.1) is 0 Å². The van der Waals surface area contributed by atoms with Gasteiger partial charge < -0.3 is 14.6 Å². The fraction of sp³-hybridized carbons (Fsp3) is 0.588. The Kier molecular flexibility index (Phi) is 4.34. The molecule has 1 N–H and O–H groups in total. The summed E-state index contributed by atoms with van der Waals surface area (Å²) >= 11 is 0. The Bertz CT molecular complexity index is 538. The van der Waals surface area contributed by atoms with Crippen molar-refractivity contribution in [2.75, 3.05) is 26.9 Å². The molecule has 1 aromatic rings. The molecule has 2 fully saturated rings. The molecule has 0 radical (unpaired) electrons. The van der Waals surface area contributed by atoms with Crippen LogP contribution < -0.4 is 4.74 Å². The highest BCUT2D eigenvalue weighted by atomic mass is 16.5. The first-order valence-corrected chi connectivity index (χ1v) is 7.75. The molecule has 0 aliphatic carbocycles. The minimum absolute atomic E-state index is 0.268. The first kappa shape index (κ1) is 15.3. The molecule has 0 saturated carbocycles. The number of nitriles is 1. The smallest absolute Gasteiger partial charge is 0.119 e. The third-order valence-electron chi connectivity index (χ3n) is 4.79. The first-order valence-electron chi connectivity index (χ1n) is 7.75. The molecule has 0 aromatic heterocycles. The fourth-order valence-corrected chi connectivity index (χ4v) is 3.45. The van der Waals surface area contributed by atoms with Crippen LogP contribution in [0.25, 0.3) is 0 Å². The lowest BCUT2D eigenvalue weighted by Crippen LogP contribution is -2.59. The van der Waals surface area contributed by atoms with Crippen LogP contribution in [-0.2, 0) is 10.3 Å². The number of likely N-dealkylation sites (N-methyl/N-ethyl adjacent to an activating group) is 1. The average Bonchev–Trinajstić information content (AvgIpc) is 2.50. The number of piperidine rings is 1. The predicted octanol–water partition coefficient (Wildman–Crippen LogP) is 1.66. The maximum absolute atomic E-state index is 11.1. The zero-order valence-corrected chi connectivity index (χ0v) is 12.9. The molecule has 0 spiro atoms. The molecule has 2 heterocycles. The molecule has 0 amide bonds. The molecule has 3 rings (SSSR count). The van der Waals surface area contributed by atoms with Crippen molar-refractivity contribution in [2.24, 2.45) is 0 Å². The van der Waals surface area contributed by atoms with E-state index in [4.69, 9.17) is 14.7 Å². The fourth-order valence-electron chi connectivity index (χ4n) is 3.45. The van der Waals surface area contributed by atoms with E-state index in [0.29, 0.717) is 39.1 Å². The summed E-state index contributed by atoms with van der Waals surface area (Å²) in [6, 6.07) is 10.2. The minimum Gasteiger partial charge on any atom is -0.493 e. The van der Waals surface area contributed by atoms with Crippen LogP contribution in [0, 0.1) is 11.3 Å². The summed E-state index contributed by atoms with van der Waals surface area (Å²) in [4.78, 5) is 2.33. The van der Waals surface area contributed by atoms with Gasteiger partial charge in [0.15, 0.2) is 0 Å². The summed E-state index contributed by atoms with van der Waals surface area (Å²) in [6.45, 7) is 1.77. The molecule has 1 aromatic carbocycles. The van der Waals surface area contributed by atoms with Gasteiger partial charge >= 0.3 is 0 Å². The Hall–Kier alpha value is -1.61. The van der Waals surface area contributed by atoms with E-state index in [0.717, 1.165) is 11.3 Å². The summed E-state index contributed by atoms with van der Waals surface area (Å²) in [6.07, 6.45) is 1.75. The molecule has 2 saturated heterocycles. The Balaban J connectivity index is 1.72. The van der Waals surface area contributed by atoms with Crippen LogP contribution in [0.2, 0.25) is 0 Å². The van der Waals surface area contributed by atoms with E-state index in [-0.39, 0.29) is 12.1 Å². The van der Waals surface area contributed by atoms with Crippen LogP contribution in [0.1, 0.15) is 24.8 Å². The number of aliphatic hydroxyl groups is 1. The normalized spacial score (nSPS) is 31.5. The van der Waals surface area contributed by atoms with Gasteiger partial charge in [-0.05, 0) is 37.6 Å². The second kappa shape index (κ2) is 6.25. The lowest BCUT2D eigenvalue weighted by molar-refractivity contribution is -0.137. The van der Waals surface area contributed by atoms with Crippen LogP contribution >= 0.6 is 0 Å². The van der Waals surface area contributed by atoms with Crippen molar-refractivity contribution in [3.8, 4) is 11.8 Å². The monoisotopic (exact) mass is 302 g/mol. The Morgan fingerprint density at radius 3 is 2.55 bits per heavy atom.